The van der Waals surface area contributed by atoms with Gasteiger partial charge in [-0.05, 0) is 19.3 Å². The number of nitrogens with one attached hydrogen (secondary N) is 2. The lowest BCUT2D eigenvalue weighted by Crippen LogP contribution is -2.40. The smallest absolute Gasteiger partial charge is 0.385 e. The van der Waals surface area contributed by atoms with Crippen LogP contribution in [0.3, 0.4) is 0 Å². The molecule has 10 heteroatoms. The zero-order valence-corrected chi connectivity index (χ0v) is 13.9. The van der Waals surface area contributed by atoms with E-state index in [0.29, 0.717) is 5.52 Å². The van der Waals surface area contributed by atoms with Gasteiger partial charge in [0, 0.05) is 39.4 Å². The number of rotatable bonds is 6. The minimum Gasteiger partial charge on any atom is -0.385 e. The Morgan fingerprint density at radius 2 is 2.08 bits per heavy atom. The molecule has 0 atom stereocenters. The number of ether oxygens (including phenoxy) is 1. The van der Waals surface area contributed by atoms with Crippen molar-refractivity contribution < 1.29 is 17.9 Å². The highest BCUT2D eigenvalue weighted by atomic mass is 19.4. The van der Waals surface area contributed by atoms with E-state index in [1.165, 1.54) is 6.33 Å². The first kappa shape index (κ1) is 17.9. The fourth-order valence-corrected chi connectivity index (χ4v) is 2.99. The lowest BCUT2D eigenvalue weighted by Gasteiger charge is -2.32. The van der Waals surface area contributed by atoms with Gasteiger partial charge in [0.05, 0.1) is 6.33 Å². The van der Waals surface area contributed by atoms with Crippen molar-refractivity contribution in [2.24, 2.45) is 0 Å². The third kappa shape index (κ3) is 4.37. The summed E-state index contributed by atoms with van der Waals surface area (Å²) in [6, 6.07) is 0.0705. The Kier molecular flexibility index (Phi) is 5.38. The average Bonchev–Trinajstić information content (AvgIpc) is 3.05. The number of halogens is 3. The molecule has 0 spiro atoms. The predicted octanol–water partition coefficient (Wildman–Crippen LogP) is 2.28. The maximum Gasteiger partial charge on any atom is 0.451 e. The van der Waals surface area contributed by atoms with Crippen molar-refractivity contribution in [3.63, 3.8) is 0 Å². The molecule has 3 heterocycles. The van der Waals surface area contributed by atoms with Gasteiger partial charge in [0.25, 0.3) is 0 Å². The first-order chi connectivity index (χ1) is 12.0. The van der Waals surface area contributed by atoms with Crippen molar-refractivity contribution >= 4 is 17.0 Å². The molecule has 1 aliphatic rings. The summed E-state index contributed by atoms with van der Waals surface area (Å²) in [6.45, 7) is 3.49. The van der Waals surface area contributed by atoms with Crippen LogP contribution in [0.25, 0.3) is 11.2 Å². The van der Waals surface area contributed by atoms with Crippen molar-refractivity contribution in [2.75, 3.05) is 38.7 Å². The van der Waals surface area contributed by atoms with Crippen LogP contribution in [0.5, 0.6) is 0 Å². The second kappa shape index (κ2) is 7.52. The van der Waals surface area contributed by atoms with Crippen LogP contribution in [0.15, 0.2) is 6.33 Å². The number of fused-ring (bicyclic) bond motifs is 1. The van der Waals surface area contributed by atoms with Crippen LogP contribution in [0.1, 0.15) is 25.1 Å². The minimum absolute atomic E-state index is 0.0156. The third-order valence-corrected chi connectivity index (χ3v) is 4.29. The number of H-pyrrole nitrogens is 1. The Hall–Kier alpha value is -1.94. The van der Waals surface area contributed by atoms with E-state index >= 15 is 0 Å². The fourth-order valence-electron chi connectivity index (χ4n) is 2.99. The predicted molar refractivity (Wildman–Crippen MR) is 86.3 cm³/mol. The Morgan fingerprint density at radius 1 is 1.32 bits per heavy atom. The van der Waals surface area contributed by atoms with Crippen LogP contribution >= 0.6 is 0 Å². The van der Waals surface area contributed by atoms with Crippen LogP contribution in [-0.4, -0.2) is 64.2 Å². The third-order valence-electron chi connectivity index (χ3n) is 4.29. The summed E-state index contributed by atoms with van der Waals surface area (Å²) in [5.74, 6) is -1.01. The van der Waals surface area contributed by atoms with Gasteiger partial charge in [0.2, 0.25) is 5.82 Å². The number of aromatic nitrogens is 4. The number of nitrogens with zero attached hydrogens (tertiary/aromatic N) is 4. The quantitative estimate of drug-likeness (QED) is 0.772. The summed E-state index contributed by atoms with van der Waals surface area (Å²) in [4.78, 5) is 16.1. The molecule has 2 N–H and O–H groups in total. The van der Waals surface area contributed by atoms with Crippen LogP contribution < -0.4 is 5.32 Å². The molecule has 0 amide bonds. The second-order valence-corrected chi connectivity index (χ2v) is 6.10. The van der Waals surface area contributed by atoms with Crippen LogP contribution in [0, 0.1) is 0 Å². The van der Waals surface area contributed by atoms with Crippen LogP contribution in [-0.2, 0) is 10.9 Å². The topological polar surface area (TPSA) is 79.0 Å². The number of alkyl halides is 3. The van der Waals surface area contributed by atoms with E-state index in [1.54, 1.807) is 7.11 Å². The molecule has 0 aromatic carbocycles. The fraction of sp³-hybridized carbons (Fsp3) is 0.667. The Morgan fingerprint density at radius 3 is 2.76 bits per heavy atom. The number of imidazole rings is 1. The number of piperidine rings is 1. The first-order valence-corrected chi connectivity index (χ1v) is 8.23. The van der Waals surface area contributed by atoms with Crippen molar-refractivity contribution in [3.8, 4) is 0 Å². The molecule has 1 saturated heterocycles. The standard InChI is InChI=1S/C15H21F3N6O/c1-25-8-2-5-24-6-3-10(4-7-24)21-13-11-12(20-9-19-11)22-14(23-13)15(16,17)18/h9-10H,2-8H2,1H3,(H2,19,20,21,22,23). The maximum absolute atomic E-state index is 13.0. The Balaban J connectivity index is 1.66. The molecule has 2 aromatic rings. The van der Waals surface area contributed by atoms with Gasteiger partial charge in [-0.1, -0.05) is 0 Å². The minimum atomic E-state index is -4.60. The molecule has 0 unspecified atom stereocenters. The van der Waals surface area contributed by atoms with Crippen LogP contribution in [0.4, 0.5) is 19.0 Å². The Bertz CT molecular complexity index is 696. The number of anilines is 1. The van der Waals surface area contributed by atoms with Crippen molar-refractivity contribution in [2.45, 2.75) is 31.5 Å². The van der Waals surface area contributed by atoms with E-state index in [0.717, 1.165) is 45.5 Å². The van der Waals surface area contributed by atoms with E-state index in [4.69, 9.17) is 4.74 Å². The monoisotopic (exact) mass is 358 g/mol. The van der Waals surface area contributed by atoms with Gasteiger partial charge in [-0.3, -0.25) is 0 Å². The molecule has 2 aromatic heterocycles. The van der Waals surface area contributed by atoms with Crippen molar-refractivity contribution in [3.05, 3.63) is 12.2 Å². The number of likely N-dealkylation sites (tertiary alicyclic amines) is 1. The molecule has 0 saturated carbocycles. The normalized spacial score (nSPS) is 17.3. The highest BCUT2D eigenvalue weighted by Crippen LogP contribution is 2.30. The van der Waals surface area contributed by atoms with E-state index < -0.39 is 12.0 Å². The number of hydrogen-bond donors (Lipinski definition) is 2. The lowest BCUT2D eigenvalue weighted by atomic mass is 10.0. The summed E-state index contributed by atoms with van der Waals surface area (Å²) in [7, 11) is 1.68. The van der Waals surface area contributed by atoms with E-state index in [-0.39, 0.29) is 17.5 Å². The second-order valence-electron chi connectivity index (χ2n) is 6.10. The van der Waals surface area contributed by atoms with Gasteiger partial charge in [-0.15, -0.1) is 0 Å². The van der Waals surface area contributed by atoms with E-state index in [1.807, 2.05) is 0 Å². The highest BCUT2D eigenvalue weighted by Gasteiger charge is 2.36. The number of hydrogen-bond acceptors (Lipinski definition) is 6. The molecule has 7 nitrogen and oxygen atoms in total. The molecule has 138 valence electrons. The van der Waals surface area contributed by atoms with Gasteiger partial charge >= 0.3 is 6.18 Å². The first-order valence-electron chi connectivity index (χ1n) is 8.23. The molecule has 1 fully saturated rings. The zero-order chi connectivity index (χ0) is 17.9. The summed E-state index contributed by atoms with van der Waals surface area (Å²) in [5.41, 5.74) is 0.414. The van der Waals surface area contributed by atoms with Crippen molar-refractivity contribution in [1.82, 2.24) is 24.8 Å². The van der Waals surface area contributed by atoms with E-state index in [9.17, 15) is 13.2 Å². The van der Waals surface area contributed by atoms with E-state index in [2.05, 4.69) is 30.2 Å². The van der Waals surface area contributed by atoms with Crippen LogP contribution in [0.2, 0.25) is 0 Å². The van der Waals surface area contributed by atoms with Gasteiger partial charge in [0.15, 0.2) is 11.5 Å². The van der Waals surface area contributed by atoms with Gasteiger partial charge in [0.1, 0.15) is 5.52 Å². The largest absolute Gasteiger partial charge is 0.451 e. The highest BCUT2D eigenvalue weighted by molar-refractivity contribution is 5.82. The van der Waals surface area contributed by atoms with Gasteiger partial charge in [-0.2, -0.15) is 13.2 Å². The summed E-state index contributed by atoms with van der Waals surface area (Å²) in [5, 5.41) is 3.14. The van der Waals surface area contributed by atoms with Crippen molar-refractivity contribution in [1.29, 1.82) is 0 Å². The molecule has 3 rings (SSSR count). The molecular formula is C15H21F3N6O. The summed E-state index contributed by atoms with van der Waals surface area (Å²) < 4.78 is 44.0. The molecular weight excluding hydrogens is 337 g/mol. The van der Waals surface area contributed by atoms with Gasteiger partial charge in [-0.25, -0.2) is 15.0 Å². The number of methoxy groups -OCH3 is 1. The Labute approximate surface area is 143 Å². The molecule has 25 heavy (non-hydrogen) atoms. The zero-order valence-electron chi connectivity index (χ0n) is 13.9. The molecule has 0 bridgehead atoms. The SMILES string of the molecule is COCCCN1CCC(Nc2nc(C(F)(F)F)nc3nc[nH]c23)CC1. The molecule has 1 aliphatic heterocycles. The molecule has 0 aliphatic carbocycles. The average molecular weight is 358 g/mol. The molecule has 0 radical (unpaired) electrons. The maximum atomic E-state index is 13.0. The number of aromatic amines is 1. The summed E-state index contributed by atoms with van der Waals surface area (Å²) in [6.07, 6.45) is -0.622. The van der Waals surface area contributed by atoms with Gasteiger partial charge < -0.3 is 19.9 Å². The lowest BCUT2D eigenvalue weighted by molar-refractivity contribution is -0.144. The summed E-state index contributed by atoms with van der Waals surface area (Å²) >= 11 is 0.